The Labute approximate surface area is 165 Å². The predicted octanol–water partition coefficient (Wildman–Crippen LogP) is 4.01. The third-order valence-corrected chi connectivity index (χ3v) is 5.90. The molecule has 1 aliphatic heterocycles. The van der Waals surface area contributed by atoms with Gasteiger partial charge < -0.3 is 4.74 Å². The minimum Gasteiger partial charge on any atom is -0.377 e. The van der Waals surface area contributed by atoms with Crippen molar-refractivity contribution >= 4 is 11.6 Å². The molecule has 0 spiro atoms. The first-order chi connectivity index (χ1) is 13.3. The lowest BCUT2D eigenvalue weighted by Crippen LogP contribution is -2.33. The van der Waals surface area contributed by atoms with Crippen LogP contribution >= 0.6 is 11.6 Å². The first-order valence-electron chi connectivity index (χ1n) is 10.1. The molecule has 1 aromatic heterocycles. The summed E-state index contributed by atoms with van der Waals surface area (Å²) in [5, 5.41) is 13.4. The summed E-state index contributed by atoms with van der Waals surface area (Å²) in [6, 6.07) is 8.54. The SMILES string of the molecule is Clc1ccc(CN(Cc2nnnn2C2CCCCC2)C[C@H]2CCCO2)cc1. The summed E-state index contributed by atoms with van der Waals surface area (Å²) < 4.78 is 7.96. The van der Waals surface area contributed by atoms with Crippen LogP contribution in [0.2, 0.25) is 5.02 Å². The maximum atomic E-state index is 6.04. The van der Waals surface area contributed by atoms with E-state index in [4.69, 9.17) is 16.3 Å². The van der Waals surface area contributed by atoms with Crippen molar-refractivity contribution in [2.45, 2.75) is 70.2 Å². The monoisotopic (exact) mass is 389 g/mol. The number of rotatable bonds is 7. The lowest BCUT2D eigenvalue weighted by atomic mass is 9.95. The molecule has 4 rings (SSSR count). The Balaban J connectivity index is 1.48. The normalized spacial score (nSPS) is 21.2. The molecule has 1 aliphatic carbocycles. The average molecular weight is 390 g/mol. The summed E-state index contributed by atoms with van der Waals surface area (Å²) in [5.74, 6) is 0.967. The first kappa shape index (κ1) is 18.8. The highest BCUT2D eigenvalue weighted by Crippen LogP contribution is 2.28. The number of ether oxygens (including phenoxy) is 1. The highest BCUT2D eigenvalue weighted by atomic mass is 35.5. The fourth-order valence-electron chi connectivity index (χ4n) is 4.23. The molecule has 1 aromatic carbocycles. The van der Waals surface area contributed by atoms with Gasteiger partial charge in [-0.2, -0.15) is 0 Å². The van der Waals surface area contributed by atoms with Gasteiger partial charge in [0.15, 0.2) is 5.82 Å². The van der Waals surface area contributed by atoms with Gasteiger partial charge in [-0.15, -0.1) is 5.10 Å². The molecule has 7 heteroatoms. The maximum Gasteiger partial charge on any atom is 0.165 e. The van der Waals surface area contributed by atoms with Gasteiger partial charge in [0.2, 0.25) is 0 Å². The molecule has 2 fully saturated rings. The number of hydrogen-bond donors (Lipinski definition) is 0. The molecular weight excluding hydrogens is 362 g/mol. The van der Waals surface area contributed by atoms with E-state index in [-0.39, 0.29) is 0 Å². The van der Waals surface area contributed by atoms with Crippen LogP contribution in [0.5, 0.6) is 0 Å². The number of nitrogens with zero attached hydrogens (tertiary/aromatic N) is 5. The van der Waals surface area contributed by atoms with Gasteiger partial charge in [-0.05, 0) is 53.8 Å². The van der Waals surface area contributed by atoms with Crippen LogP contribution in [0.25, 0.3) is 0 Å². The Bertz CT molecular complexity index is 707. The molecule has 146 valence electrons. The standard InChI is InChI=1S/C20H28ClN5O/c21-17-10-8-16(9-11-17)13-25(14-19-7-4-12-27-19)15-20-22-23-24-26(20)18-5-2-1-3-6-18/h8-11,18-19H,1-7,12-15H2/t19-/m1/s1. The van der Waals surface area contributed by atoms with Crippen molar-refractivity contribution in [2.24, 2.45) is 0 Å². The van der Waals surface area contributed by atoms with Gasteiger partial charge in [0, 0.05) is 24.7 Å². The molecule has 0 amide bonds. The minimum absolute atomic E-state index is 0.302. The largest absolute Gasteiger partial charge is 0.377 e. The van der Waals surface area contributed by atoms with Crippen LogP contribution in [-0.2, 0) is 17.8 Å². The molecular formula is C20H28ClN5O. The van der Waals surface area contributed by atoms with E-state index in [0.29, 0.717) is 12.1 Å². The molecule has 1 atom stereocenters. The molecule has 2 aromatic rings. The van der Waals surface area contributed by atoms with Crippen LogP contribution < -0.4 is 0 Å². The molecule has 27 heavy (non-hydrogen) atoms. The van der Waals surface area contributed by atoms with Crippen molar-refractivity contribution in [3.8, 4) is 0 Å². The zero-order chi connectivity index (χ0) is 18.5. The van der Waals surface area contributed by atoms with Crippen molar-refractivity contribution < 1.29 is 4.74 Å². The van der Waals surface area contributed by atoms with Gasteiger partial charge in [-0.25, -0.2) is 4.68 Å². The Hall–Kier alpha value is -1.50. The van der Waals surface area contributed by atoms with Crippen LogP contribution in [0.4, 0.5) is 0 Å². The van der Waals surface area contributed by atoms with Gasteiger partial charge in [-0.1, -0.05) is 43.0 Å². The number of aromatic nitrogens is 4. The maximum absolute atomic E-state index is 6.04. The fraction of sp³-hybridized carbons (Fsp3) is 0.650. The van der Waals surface area contributed by atoms with Gasteiger partial charge in [0.25, 0.3) is 0 Å². The average Bonchev–Trinajstić information content (AvgIpc) is 3.36. The van der Waals surface area contributed by atoms with Crippen molar-refractivity contribution in [3.05, 3.63) is 40.7 Å². The van der Waals surface area contributed by atoms with Crippen LogP contribution in [0.15, 0.2) is 24.3 Å². The van der Waals surface area contributed by atoms with Crippen molar-refractivity contribution in [3.63, 3.8) is 0 Å². The summed E-state index contributed by atoms with van der Waals surface area (Å²) in [7, 11) is 0. The second-order valence-electron chi connectivity index (χ2n) is 7.76. The van der Waals surface area contributed by atoms with Crippen LogP contribution in [0.1, 0.15) is 62.4 Å². The Morgan fingerprint density at radius 3 is 2.59 bits per heavy atom. The van der Waals surface area contributed by atoms with E-state index >= 15 is 0 Å². The van der Waals surface area contributed by atoms with Crippen LogP contribution in [0, 0.1) is 0 Å². The Morgan fingerprint density at radius 2 is 1.85 bits per heavy atom. The summed E-state index contributed by atoms with van der Waals surface area (Å²) in [6.45, 7) is 3.36. The second kappa shape index (κ2) is 9.13. The molecule has 0 unspecified atom stereocenters. The number of tetrazole rings is 1. The lowest BCUT2D eigenvalue weighted by Gasteiger charge is -2.27. The third kappa shape index (κ3) is 5.06. The number of benzene rings is 1. The number of halogens is 1. The van der Waals surface area contributed by atoms with Crippen molar-refractivity contribution in [1.82, 2.24) is 25.1 Å². The molecule has 1 saturated heterocycles. The van der Waals surface area contributed by atoms with E-state index < -0.39 is 0 Å². The van der Waals surface area contributed by atoms with Crippen molar-refractivity contribution in [1.29, 1.82) is 0 Å². The first-order valence-corrected chi connectivity index (χ1v) is 10.5. The Morgan fingerprint density at radius 1 is 1.04 bits per heavy atom. The molecule has 6 nitrogen and oxygen atoms in total. The van der Waals surface area contributed by atoms with Gasteiger partial charge >= 0.3 is 0 Å². The zero-order valence-corrected chi connectivity index (χ0v) is 16.5. The van der Waals surface area contributed by atoms with E-state index in [0.717, 1.165) is 49.9 Å². The van der Waals surface area contributed by atoms with Gasteiger partial charge in [-0.3, -0.25) is 4.90 Å². The highest BCUT2D eigenvalue weighted by molar-refractivity contribution is 6.30. The Kier molecular flexibility index (Phi) is 6.37. The predicted molar refractivity (Wildman–Crippen MR) is 104 cm³/mol. The van der Waals surface area contributed by atoms with Gasteiger partial charge in [0.1, 0.15) is 0 Å². The number of hydrogen-bond acceptors (Lipinski definition) is 5. The van der Waals surface area contributed by atoms with Crippen molar-refractivity contribution in [2.75, 3.05) is 13.2 Å². The summed E-state index contributed by atoms with van der Waals surface area (Å²) in [5.41, 5.74) is 1.24. The third-order valence-electron chi connectivity index (χ3n) is 5.65. The molecule has 0 bridgehead atoms. The van der Waals surface area contributed by atoms with E-state index in [1.165, 1.54) is 37.7 Å². The second-order valence-corrected chi connectivity index (χ2v) is 8.20. The zero-order valence-electron chi connectivity index (χ0n) is 15.8. The van der Waals surface area contributed by atoms with E-state index in [1.807, 2.05) is 12.1 Å². The van der Waals surface area contributed by atoms with Gasteiger partial charge in [0.05, 0.1) is 18.7 Å². The highest BCUT2D eigenvalue weighted by Gasteiger charge is 2.24. The summed E-state index contributed by atoms with van der Waals surface area (Å²) in [4.78, 5) is 2.41. The van der Waals surface area contributed by atoms with E-state index in [1.54, 1.807) is 0 Å². The lowest BCUT2D eigenvalue weighted by molar-refractivity contribution is 0.0660. The fourth-order valence-corrected chi connectivity index (χ4v) is 4.36. The molecule has 2 heterocycles. The minimum atomic E-state index is 0.302. The topological polar surface area (TPSA) is 56.1 Å². The summed E-state index contributed by atoms with van der Waals surface area (Å²) >= 11 is 6.04. The van der Waals surface area contributed by atoms with Crippen LogP contribution in [-0.4, -0.2) is 44.4 Å². The molecule has 0 N–H and O–H groups in total. The smallest absolute Gasteiger partial charge is 0.165 e. The van der Waals surface area contributed by atoms with Crippen LogP contribution in [0.3, 0.4) is 0 Å². The van der Waals surface area contributed by atoms with E-state index in [2.05, 4.69) is 37.2 Å². The molecule has 2 aliphatic rings. The molecule has 1 saturated carbocycles. The summed E-state index contributed by atoms with van der Waals surface area (Å²) in [6.07, 6.45) is 8.82. The van der Waals surface area contributed by atoms with E-state index in [9.17, 15) is 0 Å². The quantitative estimate of drug-likeness (QED) is 0.716. The molecule has 0 radical (unpaired) electrons.